The van der Waals surface area contributed by atoms with Crippen molar-refractivity contribution in [2.45, 2.75) is 12.8 Å². The van der Waals surface area contributed by atoms with Crippen LogP contribution in [0.1, 0.15) is 12.8 Å². The Morgan fingerprint density at radius 2 is 1.68 bits per heavy atom. The van der Waals surface area contributed by atoms with E-state index in [-0.39, 0.29) is 0 Å². The Hall–Kier alpha value is -1.90. The first-order valence-corrected chi connectivity index (χ1v) is 6.40. The summed E-state index contributed by atoms with van der Waals surface area (Å²) in [5.74, 6) is 0.281. The van der Waals surface area contributed by atoms with Crippen LogP contribution in [0.4, 0.5) is 8.78 Å². The van der Waals surface area contributed by atoms with Gasteiger partial charge in [0.25, 0.3) is 0 Å². The van der Waals surface area contributed by atoms with Crippen molar-refractivity contribution in [3.8, 4) is 16.9 Å². The van der Waals surface area contributed by atoms with Gasteiger partial charge in [-0.2, -0.15) is 0 Å². The molecular weight excluding hydrogens is 246 g/mol. The molecule has 2 aromatic rings. The number of benzene rings is 2. The summed E-state index contributed by atoms with van der Waals surface area (Å²) >= 11 is 0. The third kappa shape index (κ3) is 3.11. The maximum atomic E-state index is 13.2. The van der Waals surface area contributed by atoms with Gasteiger partial charge in [-0.1, -0.05) is 12.1 Å². The fourth-order valence-corrected chi connectivity index (χ4v) is 1.98. The van der Waals surface area contributed by atoms with Gasteiger partial charge in [-0.3, -0.25) is 0 Å². The molecule has 98 valence electrons. The van der Waals surface area contributed by atoms with E-state index in [0.29, 0.717) is 11.5 Å². The molecule has 1 fully saturated rings. The van der Waals surface area contributed by atoms with E-state index in [4.69, 9.17) is 4.74 Å². The third-order valence-electron chi connectivity index (χ3n) is 3.21. The summed E-state index contributed by atoms with van der Waals surface area (Å²) in [5.41, 5.74) is 1.28. The fourth-order valence-electron chi connectivity index (χ4n) is 1.98. The average Bonchev–Trinajstić information content (AvgIpc) is 3.20. The predicted octanol–water partition coefficient (Wildman–Crippen LogP) is 4.42. The van der Waals surface area contributed by atoms with E-state index < -0.39 is 11.6 Å². The standard InChI is InChI=1S/C16H14F2O/c17-14-6-13(7-15(18)9-14)12-2-1-3-16(8-12)19-10-11-4-5-11/h1-3,6-9,11H,4-5,10H2. The molecule has 0 aromatic heterocycles. The van der Waals surface area contributed by atoms with Crippen molar-refractivity contribution in [3.05, 3.63) is 54.1 Å². The highest BCUT2D eigenvalue weighted by Crippen LogP contribution is 2.30. The van der Waals surface area contributed by atoms with Gasteiger partial charge < -0.3 is 4.74 Å². The summed E-state index contributed by atoms with van der Waals surface area (Å²) < 4.78 is 32.1. The van der Waals surface area contributed by atoms with Gasteiger partial charge in [0.1, 0.15) is 17.4 Å². The van der Waals surface area contributed by atoms with Crippen molar-refractivity contribution < 1.29 is 13.5 Å². The maximum Gasteiger partial charge on any atom is 0.126 e. The molecule has 3 heteroatoms. The summed E-state index contributed by atoms with van der Waals surface area (Å²) in [4.78, 5) is 0. The first-order chi connectivity index (χ1) is 9.20. The Morgan fingerprint density at radius 1 is 0.947 bits per heavy atom. The van der Waals surface area contributed by atoms with Crippen LogP contribution in [0.25, 0.3) is 11.1 Å². The summed E-state index contributed by atoms with van der Waals surface area (Å²) in [6.45, 7) is 0.723. The number of hydrogen-bond acceptors (Lipinski definition) is 1. The molecule has 19 heavy (non-hydrogen) atoms. The topological polar surface area (TPSA) is 9.23 Å². The van der Waals surface area contributed by atoms with Crippen LogP contribution in [-0.4, -0.2) is 6.61 Å². The van der Waals surface area contributed by atoms with Gasteiger partial charge in [0.05, 0.1) is 6.61 Å². The van der Waals surface area contributed by atoms with Crippen molar-refractivity contribution in [2.75, 3.05) is 6.61 Å². The van der Waals surface area contributed by atoms with Crippen LogP contribution in [0.5, 0.6) is 5.75 Å². The van der Waals surface area contributed by atoms with Crippen molar-refractivity contribution in [2.24, 2.45) is 5.92 Å². The molecule has 0 aliphatic heterocycles. The van der Waals surface area contributed by atoms with Crippen LogP contribution in [0.2, 0.25) is 0 Å². The minimum absolute atomic E-state index is 0.523. The molecule has 0 N–H and O–H groups in total. The van der Waals surface area contributed by atoms with Gasteiger partial charge in [0.2, 0.25) is 0 Å². The molecule has 0 bridgehead atoms. The molecule has 0 atom stereocenters. The molecule has 1 aliphatic carbocycles. The average molecular weight is 260 g/mol. The number of halogens is 2. The van der Waals surface area contributed by atoms with Crippen LogP contribution in [-0.2, 0) is 0 Å². The number of ether oxygens (including phenoxy) is 1. The predicted molar refractivity (Wildman–Crippen MR) is 70.0 cm³/mol. The molecular formula is C16H14F2O. The molecule has 1 saturated carbocycles. The zero-order chi connectivity index (χ0) is 13.2. The van der Waals surface area contributed by atoms with Crippen molar-refractivity contribution >= 4 is 0 Å². The van der Waals surface area contributed by atoms with Gasteiger partial charge in [-0.25, -0.2) is 8.78 Å². The summed E-state index contributed by atoms with van der Waals surface area (Å²) in [7, 11) is 0. The third-order valence-corrected chi connectivity index (χ3v) is 3.21. The molecule has 0 amide bonds. The van der Waals surface area contributed by atoms with E-state index in [9.17, 15) is 8.78 Å². The maximum absolute atomic E-state index is 13.2. The van der Waals surface area contributed by atoms with Crippen LogP contribution in [0, 0.1) is 17.6 Å². The monoisotopic (exact) mass is 260 g/mol. The van der Waals surface area contributed by atoms with Gasteiger partial charge in [0, 0.05) is 6.07 Å². The van der Waals surface area contributed by atoms with E-state index in [1.807, 2.05) is 24.3 Å². The van der Waals surface area contributed by atoms with E-state index >= 15 is 0 Å². The largest absolute Gasteiger partial charge is 0.493 e. The Morgan fingerprint density at radius 3 is 2.37 bits per heavy atom. The van der Waals surface area contributed by atoms with Gasteiger partial charge in [-0.05, 0) is 54.2 Å². The zero-order valence-electron chi connectivity index (χ0n) is 10.4. The highest BCUT2D eigenvalue weighted by atomic mass is 19.1. The highest BCUT2D eigenvalue weighted by Gasteiger charge is 2.21. The van der Waals surface area contributed by atoms with Gasteiger partial charge in [0.15, 0.2) is 0 Å². The van der Waals surface area contributed by atoms with Gasteiger partial charge >= 0.3 is 0 Å². The summed E-state index contributed by atoms with van der Waals surface area (Å²) in [6, 6.07) is 10.8. The van der Waals surface area contributed by atoms with Crippen LogP contribution in [0.15, 0.2) is 42.5 Å². The number of rotatable bonds is 4. The van der Waals surface area contributed by atoms with Crippen LogP contribution in [0.3, 0.4) is 0 Å². The zero-order valence-corrected chi connectivity index (χ0v) is 10.4. The number of hydrogen-bond donors (Lipinski definition) is 0. The Labute approximate surface area is 110 Å². The lowest BCUT2D eigenvalue weighted by atomic mass is 10.1. The first kappa shape index (κ1) is 12.2. The van der Waals surface area contributed by atoms with Crippen molar-refractivity contribution in [1.82, 2.24) is 0 Å². The summed E-state index contributed by atoms with van der Waals surface area (Å²) in [5, 5.41) is 0. The smallest absolute Gasteiger partial charge is 0.126 e. The summed E-state index contributed by atoms with van der Waals surface area (Å²) in [6.07, 6.45) is 2.46. The second-order valence-corrected chi connectivity index (χ2v) is 4.94. The van der Waals surface area contributed by atoms with Crippen molar-refractivity contribution in [1.29, 1.82) is 0 Å². The molecule has 0 saturated heterocycles. The van der Waals surface area contributed by atoms with E-state index in [1.54, 1.807) is 0 Å². The molecule has 0 radical (unpaired) electrons. The van der Waals surface area contributed by atoms with Crippen LogP contribution < -0.4 is 4.74 Å². The second kappa shape index (κ2) is 5.00. The lowest BCUT2D eigenvalue weighted by molar-refractivity contribution is 0.300. The van der Waals surface area contributed by atoms with Crippen molar-refractivity contribution in [3.63, 3.8) is 0 Å². The molecule has 1 nitrogen and oxygen atoms in total. The first-order valence-electron chi connectivity index (χ1n) is 6.40. The fraction of sp³-hybridized carbons (Fsp3) is 0.250. The second-order valence-electron chi connectivity index (χ2n) is 4.94. The van der Waals surface area contributed by atoms with E-state index in [2.05, 4.69) is 0 Å². The highest BCUT2D eigenvalue weighted by molar-refractivity contribution is 5.65. The van der Waals surface area contributed by atoms with E-state index in [1.165, 1.54) is 25.0 Å². The molecule has 0 unspecified atom stereocenters. The normalized spacial score (nSPS) is 14.4. The molecule has 3 rings (SSSR count). The Kier molecular flexibility index (Phi) is 3.20. The molecule has 0 spiro atoms. The molecule has 0 heterocycles. The Bertz CT molecular complexity index is 571. The molecule has 2 aromatic carbocycles. The minimum Gasteiger partial charge on any atom is -0.493 e. The quantitative estimate of drug-likeness (QED) is 0.790. The van der Waals surface area contributed by atoms with E-state index in [0.717, 1.165) is 24.0 Å². The SMILES string of the molecule is Fc1cc(F)cc(-c2cccc(OCC3CC3)c2)c1. The Balaban J connectivity index is 1.84. The molecule has 1 aliphatic rings. The van der Waals surface area contributed by atoms with Gasteiger partial charge in [-0.15, -0.1) is 0 Å². The lowest BCUT2D eigenvalue weighted by Crippen LogP contribution is -1.98. The van der Waals surface area contributed by atoms with Crippen LogP contribution >= 0.6 is 0 Å². The minimum atomic E-state index is -0.570. The lowest BCUT2D eigenvalue weighted by Gasteiger charge is -2.08.